The molecule has 1 unspecified atom stereocenters. The fourth-order valence-corrected chi connectivity index (χ4v) is 3.20. The molecule has 0 radical (unpaired) electrons. The highest BCUT2D eigenvalue weighted by atomic mass is 35.5. The molecule has 2 amide bonds. The third kappa shape index (κ3) is 5.75. The van der Waals surface area contributed by atoms with Crippen LogP contribution in [0, 0.1) is 0 Å². The van der Waals surface area contributed by atoms with Gasteiger partial charge >= 0.3 is 0 Å². The summed E-state index contributed by atoms with van der Waals surface area (Å²) in [6.07, 6.45) is 0. The zero-order chi connectivity index (χ0) is 21.5. The number of amides is 2. The molecular formula is C23H21Cl2N3O2. The van der Waals surface area contributed by atoms with Gasteiger partial charge in [-0.05, 0) is 48.9 Å². The van der Waals surface area contributed by atoms with Gasteiger partial charge in [-0.1, -0.05) is 59.6 Å². The van der Waals surface area contributed by atoms with E-state index < -0.39 is 0 Å². The molecule has 5 nitrogen and oxygen atoms in total. The Balaban J connectivity index is 1.53. The highest BCUT2D eigenvalue weighted by molar-refractivity contribution is 6.43. The van der Waals surface area contributed by atoms with Gasteiger partial charge in [0.1, 0.15) is 0 Å². The van der Waals surface area contributed by atoms with E-state index in [0.29, 0.717) is 27.0 Å². The monoisotopic (exact) mass is 441 g/mol. The van der Waals surface area contributed by atoms with Crippen molar-refractivity contribution < 1.29 is 9.59 Å². The summed E-state index contributed by atoms with van der Waals surface area (Å²) in [5.41, 5.74) is 2.71. The number of hydrogen-bond acceptors (Lipinski definition) is 3. The first-order valence-corrected chi connectivity index (χ1v) is 10.1. The van der Waals surface area contributed by atoms with E-state index in [1.165, 1.54) is 0 Å². The Morgan fingerprint density at radius 3 is 2.30 bits per heavy atom. The summed E-state index contributed by atoms with van der Waals surface area (Å²) in [6, 6.07) is 21.5. The van der Waals surface area contributed by atoms with Gasteiger partial charge in [-0.25, -0.2) is 0 Å². The fraction of sp³-hybridized carbons (Fsp3) is 0.130. The van der Waals surface area contributed by atoms with Crippen molar-refractivity contribution in [1.29, 1.82) is 0 Å². The van der Waals surface area contributed by atoms with Gasteiger partial charge in [-0.15, -0.1) is 0 Å². The molecule has 0 heterocycles. The highest BCUT2D eigenvalue weighted by Crippen LogP contribution is 2.29. The molecule has 0 aliphatic rings. The summed E-state index contributed by atoms with van der Waals surface area (Å²) in [5.74, 6) is -0.428. The Labute approximate surface area is 185 Å². The molecular weight excluding hydrogens is 421 g/mol. The number of nitrogens with one attached hydrogen (secondary N) is 3. The van der Waals surface area contributed by atoms with E-state index in [-0.39, 0.29) is 24.4 Å². The molecule has 3 rings (SSSR count). The number of halogens is 2. The minimum absolute atomic E-state index is 0.0247. The molecule has 3 aromatic rings. The van der Waals surface area contributed by atoms with E-state index >= 15 is 0 Å². The number of anilines is 2. The van der Waals surface area contributed by atoms with Crippen molar-refractivity contribution in [3.63, 3.8) is 0 Å². The molecule has 30 heavy (non-hydrogen) atoms. The zero-order valence-corrected chi connectivity index (χ0v) is 17.8. The van der Waals surface area contributed by atoms with Crippen molar-refractivity contribution in [3.8, 4) is 0 Å². The summed E-state index contributed by atoms with van der Waals surface area (Å²) in [5, 5.41) is 9.46. The highest BCUT2D eigenvalue weighted by Gasteiger charge is 2.12. The first kappa shape index (κ1) is 21.7. The average Bonchev–Trinajstić information content (AvgIpc) is 2.76. The van der Waals surface area contributed by atoms with E-state index in [1.807, 2.05) is 37.3 Å². The maximum Gasteiger partial charge on any atom is 0.251 e. The van der Waals surface area contributed by atoms with Crippen LogP contribution in [0.3, 0.4) is 0 Å². The topological polar surface area (TPSA) is 70.2 Å². The summed E-state index contributed by atoms with van der Waals surface area (Å²) >= 11 is 12.1. The van der Waals surface area contributed by atoms with Gasteiger partial charge in [0.2, 0.25) is 5.91 Å². The van der Waals surface area contributed by atoms with E-state index in [2.05, 4.69) is 16.0 Å². The summed E-state index contributed by atoms with van der Waals surface area (Å²) in [6.45, 7) is 1.96. The summed E-state index contributed by atoms with van der Waals surface area (Å²) in [4.78, 5) is 24.6. The van der Waals surface area contributed by atoms with Crippen LogP contribution in [-0.2, 0) is 4.79 Å². The Bertz CT molecular complexity index is 1020. The Hall–Kier alpha value is -3.02. The molecule has 3 N–H and O–H groups in total. The lowest BCUT2D eigenvalue weighted by molar-refractivity contribution is -0.114. The minimum atomic E-state index is -0.249. The number of carbonyl (C=O) groups is 2. The zero-order valence-electron chi connectivity index (χ0n) is 16.3. The van der Waals surface area contributed by atoms with Crippen LogP contribution in [0.2, 0.25) is 10.0 Å². The number of hydrogen-bond donors (Lipinski definition) is 3. The Morgan fingerprint density at radius 1 is 0.900 bits per heavy atom. The van der Waals surface area contributed by atoms with E-state index in [1.54, 1.807) is 42.5 Å². The second kappa shape index (κ2) is 10.1. The van der Waals surface area contributed by atoms with E-state index in [4.69, 9.17) is 23.2 Å². The summed E-state index contributed by atoms with van der Waals surface area (Å²) in [7, 11) is 0. The second-order valence-electron chi connectivity index (χ2n) is 6.69. The predicted molar refractivity (Wildman–Crippen MR) is 122 cm³/mol. The normalized spacial score (nSPS) is 11.4. The smallest absolute Gasteiger partial charge is 0.251 e. The van der Waals surface area contributed by atoms with E-state index in [9.17, 15) is 9.59 Å². The largest absolute Gasteiger partial charge is 0.375 e. The van der Waals surface area contributed by atoms with Crippen molar-refractivity contribution in [3.05, 3.63) is 94.0 Å². The van der Waals surface area contributed by atoms with Crippen molar-refractivity contribution in [2.24, 2.45) is 0 Å². The van der Waals surface area contributed by atoms with Gasteiger partial charge in [0.25, 0.3) is 5.91 Å². The van der Waals surface area contributed by atoms with Crippen LogP contribution < -0.4 is 16.0 Å². The SMILES string of the molecule is CC(NC(=O)c1ccc(NC(=O)CNc2cccc(Cl)c2Cl)cc1)c1ccccc1. The van der Waals surface area contributed by atoms with Crippen LogP contribution in [0.1, 0.15) is 28.9 Å². The van der Waals surface area contributed by atoms with Crippen molar-refractivity contribution in [2.75, 3.05) is 17.2 Å². The van der Waals surface area contributed by atoms with Crippen LogP contribution in [-0.4, -0.2) is 18.4 Å². The summed E-state index contributed by atoms with van der Waals surface area (Å²) < 4.78 is 0. The molecule has 0 saturated heterocycles. The average molecular weight is 442 g/mol. The Morgan fingerprint density at radius 2 is 1.60 bits per heavy atom. The van der Waals surface area contributed by atoms with Crippen molar-refractivity contribution >= 4 is 46.4 Å². The van der Waals surface area contributed by atoms with Crippen LogP contribution in [0.4, 0.5) is 11.4 Å². The second-order valence-corrected chi connectivity index (χ2v) is 7.47. The molecule has 0 aromatic heterocycles. The van der Waals surface area contributed by atoms with Gasteiger partial charge in [0.05, 0.1) is 28.3 Å². The molecule has 154 valence electrons. The third-order valence-electron chi connectivity index (χ3n) is 4.47. The van der Waals surface area contributed by atoms with Gasteiger partial charge in [0, 0.05) is 11.3 Å². The van der Waals surface area contributed by atoms with Gasteiger partial charge in [0.15, 0.2) is 0 Å². The molecule has 0 bridgehead atoms. The van der Waals surface area contributed by atoms with Crippen LogP contribution in [0.15, 0.2) is 72.8 Å². The van der Waals surface area contributed by atoms with Crippen molar-refractivity contribution in [2.45, 2.75) is 13.0 Å². The lowest BCUT2D eigenvalue weighted by Crippen LogP contribution is -2.26. The fourth-order valence-electron chi connectivity index (χ4n) is 2.83. The molecule has 0 aliphatic heterocycles. The molecule has 3 aromatic carbocycles. The third-order valence-corrected chi connectivity index (χ3v) is 5.29. The number of rotatable bonds is 7. The number of benzene rings is 3. The lowest BCUT2D eigenvalue weighted by atomic mass is 10.1. The van der Waals surface area contributed by atoms with Gasteiger partial charge in [-0.3, -0.25) is 9.59 Å². The molecule has 7 heteroatoms. The first-order chi connectivity index (χ1) is 14.4. The molecule has 0 aliphatic carbocycles. The van der Waals surface area contributed by atoms with E-state index in [0.717, 1.165) is 5.56 Å². The maximum absolute atomic E-state index is 12.4. The quantitative estimate of drug-likeness (QED) is 0.450. The minimum Gasteiger partial charge on any atom is -0.375 e. The number of carbonyl (C=O) groups excluding carboxylic acids is 2. The van der Waals surface area contributed by atoms with Crippen LogP contribution in [0.25, 0.3) is 0 Å². The molecule has 0 spiro atoms. The molecule has 0 saturated carbocycles. The standard InChI is InChI=1S/C23H21Cl2N3O2/c1-15(16-6-3-2-4-7-16)27-23(30)17-10-12-18(13-11-17)28-21(29)14-26-20-9-5-8-19(24)22(20)25/h2-13,15,26H,14H2,1H3,(H,27,30)(H,28,29). The van der Waals surface area contributed by atoms with Gasteiger partial charge < -0.3 is 16.0 Å². The van der Waals surface area contributed by atoms with Crippen LogP contribution in [0.5, 0.6) is 0 Å². The molecule has 0 fully saturated rings. The maximum atomic E-state index is 12.4. The first-order valence-electron chi connectivity index (χ1n) is 9.37. The Kier molecular flexibility index (Phi) is 7.33. The van der Waals surface area contributed by atoms with Gasteiger partial charge in [-0.2, -0.15) is 0 Å². The lowest BCUT2D eigenvalue weighted by Gasteiger charge is -2.14. The predicted octanol–water partition coefficient (Wildman–Crippen LogP) is 5.54. The molecule has 1 atom stereocenters. The van der Waals surface area contributed by atoms with Crippen molar-refractivity contribution in [1.82, 2.24) is 5.32 Å². The van der Waals surface area contributed by atoms with Crippen LogP contribution >= 0.6 is 23.2 Å².